The molecule has 0 spiro atoms. The Labute approximate surface area is 92.6 Å². The zero-order valence-electron chi connectivity index (χ0n) is 5.88. The molecule has 0 N–H and O–H groups in total. The second-order valence-electron chi connectivity index (χ2n) is 2.22. The molecule has 0 bridgehead atoms. The topological polar surface area (TPSA) is 30.2 Å². The standard InChI is InChI=1S/C8H4I2O2/c9-6-3-8(11)12-7-4-10-2-1-5(6)7/h1-4H. The van der Waals surface area contributed by atoms with Crippen molar-refractivity contribution in [1.82, 2.24) is 0 Å². The summed E-state index contributed by atoms with van der Waals surface area (Å²) in [5.41, 5.74) is 0.787. The third-order valence-electron chi connectivity index (χ3n) is 1.44. The molecule has 0 saturated heterocycles. The van der Waals surface area contributed by atoms with Gasteiger partial charge in [0.2, 0.25) is 0 Å². The van der Waals surface area contributed by atoms with Gasteiger partial charge in [0.1, 0.15) is 5.76 Å². The minimum atomic E-state index is -0.256. The van der Waals surface area contributed by atoms with Crippen molar-refractivity contribution in [1.29, 1.82) is 0 Å². The van der Waals surface area contributed by atoms with Crippen LogP contribution >= 0.6 is 43.3 Å². The van der Waals surface area contributed by atoms with Crippen LogP contribution in [0.4, 0.5) is 0 Å². The second-order valence-corrected chi connectivity index (χ2v) is 5.44. The van der Waals surface area contributed by atoms with E-state index in [2.05, 4.69) is 26.7 Å². The van der Waals surface area contributed by atoms with E-state index < -0.39 is 0 Å². The molecule has 2 rings (SSSR count). The summed E-state index contributed by atoms with van der Waals surface area (Å²) in [6.45, 7) is 0. The van der Waals surface area contributed by atoms with Crippen molar-refractivity contribution in [2.45, 2.75) is 0 Å². The van der Waals surface area contributed by atoms with Crippen LogP contribution in [0.15, 0.2) is 19.4 Å². The molecule has 0 atom stereocenters. The molecular weight excluding hydrogens is 382 g/mol. The van der Waals surface area contributed by atoms with Gasteiger partial charge in [-0.1, -0.05) is 20.7 Å². The maximum atomic E-state index is 11.0. The Morgan fingerprint density at radius 3 is 3.17 bits per heavy atom. The molecule has 62 valence electrons. The lowest BCUT2D eigenvalue weighted by molar-refractivity contribution is 0.503. The fraction of sp³-hybridized carbons (Fsp3) is 0. The van der Waals surface area contributed by atoms with E-state index >= 15 is 0 Å². The minimum Gasteiger partial charge on any atom is -0.422 e. The van der Waals surface area contributed by atoms with E-state index in [1.165, 1.54) is 6.07 Å². The number of fused-ring (bicyclic) bond motifs is 1. The van der Waals surface area contributed by atoms with Crippen LogP contribution in [0.3, 0.4) is 0 Å². The Morgan fingerprint density at radius 2 is 2.33 bits per heavy atom. The van der Waals surface area contributed by atoms with Crippen LogP contribution < -0.4 is 5.63 Å². The largest absolute Gasteiger partial charge is 0.422 e. The quantitative estimate of drug-likeness (QED) is 0.642. The lowest BCUT2D eigenvalue weighted by atomic mass is 10.2. The molecule has 12 heavy (non-hydrogen) atoms. The lowest BCUT2D eigenvalue weighted by Gasteiger charge is -2.03. The van der Waals surface area contributed by atoms with Crippen LogP contribution in [0.1, 0.15) is 11.3 Å². The van der Waals surface area contributed by atoms with Crippen LogP contribution in [0.25, 0.3) is 6.08 Å². The third-order valence-corrected chi connectivity index (χ3v) is 4.03. The van der Waals surface area contributed by atoms with Crippen LogP contribution in [0.5, 0.6) is 0 Å². The van der Waals surface area contributed by atoms with Crippen molar-refractivity contribution in [2.24, 2.45) is 0 Å². The first kappa shape index (κ1) is 8.61. The van der Waals surface area contributed by atoms with E-state index in [0.717, 1.165) is 14.9 Å². The van der Waals surface area contributed by atoms with Gasteiger partial charge in [0, 0.05) is 19.2 Å². The van der Waals surface area contributed by atoms with Gasteiger partial charge in [-0.15, -0.1) is 0 Å². The maximum Gasteiger partial charge on any atom is 0.337 e. The summed E-state index contributed by atoms with van der Waals surface area (Å²) in [6.07, 6.45) is 2.04. The SMILES string of the molecule is O=c1cc(I)c2c(o1)C=IC=C2. The lowest BCUT2D eigenvalue weighted by Crippen LogP contribution is -2.04. The van der Waals surface area contributed by atoms with Gasteiger partial charge < -0.3 is 4.42 Å². The summed E-state index contributed by atoms with van der Waals surface area (Å²) in [5, 5.41) is 0. The first-order chi connectivity index (χ1) is 5.77. The molecule has 0 fully saturated rings. The van der Waals surface area contributed by atoms with Crippen LogP contribution in [0.2, 0.25) is 0 Å². The molecule has 1 aromatic rings. The Kier molecular flexibility index (Phi) is 2.44. The van der Waals surface area contributed by atoms with Crippen LogP contribution in [0, 0.1) is 3.57 Å². The van der Waals surface area contributed by atoms with Crippen molar-refractivity contribution in [2.75, 3.05) is 0 Å². The van der Waals surface area contributed by atoms with Crippen molar-refractivity contribution in [3.63, 3.8) is 0 Å². The summed E-state index contributed by atoms with van der Waals surface area (Å²) >= 11 is 2.11. The fourth-order valence-electron chi connectivity index (χ4n) is 0.927. The van der Waals surface area contributed by atoms with E-state index in [1.807, 2.05) is 10.1 Å². The normalized spacial score (nSPS) is 13.8. The van der Waals surface area contributed by atoms with E-state index in [9.17, 15) is 4.79 Å². The fourth-order valence-corrected chi connectivity index (χ4v) is 3.19. The van der Waals surface area contributed by atoms with E-state index in [1.54, 1.807) is 0 Å². The van der Waals surface area contributed by atoms with E-state index in [-0.39, 0.29) is 26.4 Å². The highest BCUT2D eigenvalue weighted by molar-refractivity contribution is 14.2. The summed E-state index contributed by atoms with van der Waals surface area (Å²) < 4.78 is 10.2. The monoisotopic (exact) mass is 386 g/mol. The molecular formula is C8H4I2O2. The summed E-state index contributed by atoms with van der Waals surface area (Å²) in [7, 11) is 0. The van der Waals surface area contributed by atoms with E-state index in [0.29, 0.717) is 0 Å². The van der Waals surface area contributed by atoms with Crippen LogP contribution in [-0.2, 0) is 0 Å². The molecule has 0 amide bonds. The Morgan fingerprint density at radius 1 is 1.50 bits per heavy atom. The Balaban J connectivity index is 2.79. The zero-order chi connectivity index (χ0) is 8.55. The number of rotatable bonds is 0. The first-order valence-electron chi connectivity index (χ1n) is 3.23. The Bertz CT molecular complexity index is 429. The van der Waals surface area contributed by atoms with Gasteiger partial charge in [0.15, 0.2) is 0 Å². The van der Waals surface area contributed by atoms with Crippen molar-refractivity contribution < 1.29 is 4.42 Å². The maximum absolute atomic E-state index is 11.0. The molecule has 2 nitrogen and oxygen atoms in total. The molecule has 0 aromatic carbocycles. The predicted octanol–water partition coefficient (Wildman–Crippen LogP) is 2.35. The highest BCUT2D eigenvalue weighted by Gasteiger charge is 2.07. The van der Waals surface area contributed by atoms with Crippen LogP contribution in [-0.4, -0.2) is 4.01 Å². The molecule has 4 heteroatoms. The van der Waals surface area contributed by atoms with Gasteiger partial charge in [-0.05, 0) is 32.7 Å². The highest BCUT2D eigenvalue weighted by atomic mass is 127. The third kappa shape index (κ3) is 1.54. The number of hydrogen-bond acceptors (Lipinski definition) is 2. The average Bonchev–Trinajstić information content (AvgIpc) is 2.04. The van der Waals surface area contributed by atoms with Gasteiger partial charge in [-0.2, -0.15) is 0 Å². The number of hydrogen-bond donors (Lipinski definition) is 0. The van der Waals surface area contributed by atoms with Crippen molar-refractivity contribution in [3.8, 4) is 0 Å². The smallest absolute Gasteiger partial charge is 0.337 e. The molecule has 1 aliphatic heterocycles. The zero-order valence-corrected chi connectivity index (χ0v) is 10.2. The van der Waals surface area contributed by atoms with Crippen molar-refractivity contribution in [3.05, 3.63) is 35.5 Å². The molecule has 0 saturated carbocycles. The van der Waals surface area contributed by atoms with Crippen molar-refractivity contribution >= 4 is 53.4 Å². The van der Waals surface area contributed by atoms with Gasteiger partial charge in [-0.25, -0.2) is 4.79 Å². The summed E-state index contributed by atoms with van der Waals surface area (Å²) in [6, 6.07) is 1.52. The van der Waals surface area contributed by atoms with Gasteiger partial charge >= 0.3 is 5.63 Å². The van der Waals surface area contributed by atoms with Gasteiger partial charge in [-0.3, -0.25) is 0 Å². The number of halogens is 2. The summed E-state index contributed by atoms with van der Waals surface area (Å²) in [5.74, 6) is 0.752. The molecule has 1 aliphatic rings. The molecule has 2 heterocycles. The van der Waals surface area contributed by atoms with Gasteiger partial charge in [0.05, 0.1) is 0 Å². The highest BCUT2D eigenvalue weighted by Crippen LogP contribution is 2.22. The minimum absolute atomic E-state index is 0.0414. The van der Waals surface area contributed by atoms with Gasteiger partial charge in [0.25, 0.3) is 0 Å². The first-order valence-corrected chi connectivity index (χ1v) is 6.80. The molecule has 1 aromatic heterocycles. The molecule has 0 unspecified atom stereocenters. The molecule has 0 radical (unpaired) electrons. The summed E-state index contributed by atoms with van der Waals surface area (Å²) in [4.78, 5) is 11.0. The Hall–Kier alpha value is 0.0200. The predicted molar refractivity (Wildman–Crippen MR) is 65.9 cm³/mol. The van der Waals surface area contributed by atoms with E-state index in [4.69, 9.17) is 4.42 Å². The average molecular weight is 386 g/mol. The molecule has 0 aliphatic carbocycles. The second kappa shape index (κ2) is 3.41.